The average molecular weight is 365 g/mol. The minimum Gasteiger partial charge on any atom is -0.308 e. The zero-order chi connectivity index (χ0) is 17.6. The Balaban J connectivity index is 1.81. The minimum absolute atomic E-state index is 0.00371. The molecule has 24 heavy (non-hydrogen) atoms. The number of carbonyl (C=O) groups excluding carboxylic acids is 1. The number of urea groups is 1. The topological polar surface area (TPSA) is 125 Å². The molecule has 0 spiro atoms. The second-order valence-corrected chi connectivity index (χ2v) is 6.56. The quantitative estimate of drug-likeness (QED) is 0.411. The lowest BCUT2D eigenvalue weighted by atomic mass is 10.3. The van der Waals surface area contributed by atoms with Gasteiger partial charge in [0, 0.05) is 5.69 Å². The molecule has 0 heterocycles. The number of hydrogen-bond acceptors (Lipinski definition) is 5. The molecule has 8 nitrogen and oxygen atoms in total. The summed E-state index contributed by atoms with van der Waals surface area (Å²) in [5, 5.41) is 10.1. The van der Waals surface area contributed by atoms with Gasteiger partial charge in [0.1, 0.15) is 0 Å². The third-order valence-corrected chi connectivity index (χ3v) is 3.90. The van der Waals surface area contributed by atoms with Crippen LogP contribution in [0.4, 0.5) is 16.2 Å². The summed E-state index contributed by atoms with van der Waals surface area (Å²) >= 11 is 4.97. The Morgan fingerprint density at radius 3 is 2.17 bits per heavy atom. The third-order valence-electron chi connectivity index (χ3n) is 2.76. The van der Waals surface area contributed by atoms with E-state index in [0.29, 0.717) is 11.4 Å². The van der Waals surface area contributed by atoms with Gasteiger partial charge in [0.25, 0.3) is 0 Å². The number of primary sulfonamides is 1. The number of thiocarbonyl (C=S) groups is 1. The first-order chi connectivity index (χ1) is 11.3. The maximum Gasteiger partial charge on any atom is 0.325 e. The average Bonchev–Trinajstić information content (AvgIpc) is 2.53. The monoisotopic (exact) mass is 365 g/mol. The van der Waals surface area contributed by atoms with Gasteiger partial charge >= 0.3 is 6.03 Å². The van der Waals surface area contributed by atoms with E-state index in [1.807, 2.05) is 6.07 Å². The molecule has 0 aliphatic rings. The first kappa shape index (κ1) is 17.7. The van der Waals surface area contributed by atoms with E-state index >= 15 is 0 Å². The summed E-state index contributed by atoms with van der Waals surface area (Å²) in [6.07, 6.45) is 0. The van der Waals surface area contributed by atoms with Crippen LogP contribution in [0, 0.1) is 0 Å². The largest absolute Gasteiger partial charge is 0.325 e. The highest BCUT2D eigenvalue weighted by atomic mass is 32.2. The van der Waals surface area contributed by atoms with Crippen molar-refractivity contribution >= 4 is 44.8 Å². The molecule has 0 aliphatic heterocycles. The lowest BCUT2D eigenvalue weighted by molar-refractivity contribution is 0.256. The van der Waals surface area contributed by atoms with Gasteiger partial charge in [-0.2, -0.15) is 0 Å². The highest BCUT2D eigenvalue weighted by Crippen LogP contribution is 2.11. The molecule has 0 saturated heterocycles. The number of nitrogens with two attached hydrogens (primary N) is 1. The number of anilines is 2. The second kappa shape index (κ2) is 7.73. The van der Waals surface area contributed by atoms with E-state index in [-0.39, 0.29) is 10.0 Å². The molecule has 0 aromatic heterocycles. The first-order valence-corrected chi connectivity index (χ1v) is 8.62. The molecule has 0 saturated carbocycles. The smallest absolute Gasteiger partial charge is 0.308 e. The Labute approximate surface area is 144 Å². The summed E-state index contributed by atoms with van der Waals surface area (Å²) in [6.45, 7) is 0. The molecule has 2 aromatic carbocycles. The summed E-state index contributed by atoms with van der Waals surface area (Å²) in [5.41, 5.74) is 6.49. The van der Waals surface area contributed by atoms with Crippen LogP contribution in [0.5, 0.6) is 0 Å². The normalized spacial score (nSPS) is 10.5. The van der Waals surface area contributed by atoms with E-state index in [1.165, 1.54) is 24.3 Å². The van der Waals surface area contributed by atoms with Crippen molar-refractivity contribution in [2.75, 3.05) is 10.7 Å². The van der Waals surface area contributed by atoms with Gasteiger partial charge in [-0.3, -0.25) is 16.2 Å². The van der Waals surface area contributed by atoms with Gasteiger partial charge < -0.3 is 5.32 Å². The van der Waals surface area contributed by atoms with E-state index < -0.39 is 16.1 Å². The zero-order valence-corrected chi connectivity index (χ0v) is 13.9. The van der Waals surface area contributed by atoms with Crippen LogP contribution in [0.25, 0.3) is 0 Å². The first-order valence-electron chi connectivity index (χ1n) is 6.66. The molecule has 0 radical (unpaired) electrons. The van der Waals surface area contributed by atoms with Gasteiger partial charge in [-0.15, -0.1) is 0 Å². The van der Waals surface area contributed by atoms with Crippen molar-refractivity contribution < 1.29 is 13.2 Å². The Kier molecular flexibility index (Phi) is 5.68. The van der Waals surface area contributed by atoms with E-state index in [9.17, 15) is 13.2 Å². The fourth-order valence-electron chi connectivity index (χ4n) is 1.68. The highest BCUT2D eigenvalue weighted by molar-refractivity contribution is 7.89. The lowest BCUT2D eigenvalue weighted by Gasteiger charge is -2.12. The molecular formula is C14H15N5O3S2. The summed E-state index contributed by atoms with van der Waals surface area (Å²) in [4.78, 5) is 11.7. The highest BCUT2D eigenvalue weighted by Gasteiger charge is 2.07. The molecule has 0 atom stereocenters. The van der Waals surface area contributed by atoms with Crippen LogP contribution < -0.4 is 26.6 Å². The lowest BCUT2D eigenvalue weighted by Crippen LogP contribution is -2.43. The van der Waals surface area contributed by atoms with E-state index in [4.69, 9.17) is 17.4 Å². The van der Waals surface area contributed by atoms with Crippen LogP contribution >= 0.6 is 12.2 Å². The number of benzene rings is 2. The minimum atomic E-state index is -3.74. The summed E-state index contributed by atoms with van der Waals surface area (Å²) in [6, 6.07) is 14.1. The number of nitrogens with one attached hydrogen (secondary N) is 4. The van der Waals surface area contributed by atoms with Crippen LogP contribution in [0.1, 0.15) is 0 Å². The van der Waals surface area contributed by atoms with Crippen LogP contribution in [0.2, 0.25) is 0 Å². The molecule has 2 amide bonds. The molecule has 0 unspecified atom stereocenters. The van der Waals surface area contributed by atoms with Crippen molar-refractivity contribution in [2.45, 2.75) is 4.90 Å². The molecule has 126 valence electrons. The summed E-state index contributed by atoms with van der Waals surface area (Å²) < 4.78 is 22.3. The Morgan fingerprint density at radius 2 is 1.58 bits per heavy atom. The number of hydrazine groups is 1. The van der Waals surface area contributed by atoms with Crippen molar-refractivity contribution in [3.05, 3.63) is 54.6 Å². The maximum atomic E-state index is 11.7. The van der Waals surface area contributed by atoms with Crippen LogP contribution in [-0.4, -0.2) is 19.6 Å². The van der Waals surface area contributed by atoms with Gasteiger partial charge in [-0.25, -0.2) is 18.4 Å². The molecule has 0 fully saturated rings. The Bertz CT molecular complexity index is 823. The fourth-order valence-corrected chi connectivity index (χ4v) is 2.33. The predicted octanol–water partition coefficient (Wildman–Crippen LogP) is 1.36. The Hall–Kier alpha value is -2.69. The number of sulfonamides is 1. The van der Waals surface area contributed by atoms with Crippen LogP contribution in [0.3, 0.4) is 0 Å². The van der Waals surface area contributed by atoms with E-state index in [0.717, 1.165) is 0 Å². The number of amides is 2. The molecular weight excluding hydrogens is 350 g/mol. The Morgan fingerprint density at radius 1 is 0.958 bits per heavy atom. The van der Waals surface area contributed by atoms with Gasteiger partial charge in [-0.05, 0) is 48.6 Å². The molecule has 0 bridgehead atoms. The fraction of sp³-hybridized carbons (Fsp3) is 0. The molecule has 2 rings (SSSR count). The molecule has 0 aliphatic carbocycles. The van der Waals surface area contributed by atoms with Gasteiger partial charge in [0.2, 0.25) is 10.0 Å². The van der Waals surface area contributed by atoms with Gasteiger partial charge in [0.05, 0.1) is 10.6 Å². The van der Waals surface area contributed by atoms with Crippen molar-refractivity contribution in [1.29, 1.82) is 0 Å². The maximum absolute atomic E-state index is 11.7. The molecule has 10 heteroatoms. The number of rotatable bonds is 4. The number of carbonyl (C=O) groups is 1. The van der Waals surface area contributed by atoms with Gasteiger partial charge in [-0.1, -0.05) is 18.2 Å². The predicted molar refractivity (Wildman–Crippen MR) is 95.8 cm³/mol. The standard InChI is InChI=1S/C14H15N5O3S2/c15-24(21,22)12-8-6-11(7-9-12)18-19-14(23)17-13(20)16-10-4-2-1-3-5-10/h1-9,18H,(H2,15,21,22)(H3,16,17,19,20,23). The summed E-state index contributed by atoms with van der Waals surface area (Å²) in [5.74, 6) is 0. The van der Waals surface area contributed by atoms with Crippen molar-refractivity contribution in [2.24, 2.45) is 5.14 Å². The van der Waals surface area contributed by atoms with Crippen molar-refractivity contribution in [3.63, 3.8) is 0 Å². The van der Waals surface area contributed by atoms with Gasteiger partial charge in [0.15, 0.2) is 5.11 Å². The van der Waals surface area contributed by atoms with Crippen molar-refractivity contribution in [1.82, 2.24) is 10.7 Å². The van der Waals surface area contributed by atoms with Crippen LogP contribution in [-0.2, 0) is 10.0 Å². The van der Waals surface area contributed by atoms with Crippen LogP contribution in [0.15, 0.2) is 59.5 Å². The zero-order valence-electron chi connectivity index (χ0n) is 12.3. The number of para-hydroxylation sites is 1. The molecule has 6 N–H and O–H groups in total. The third kappa shape index (κ3) is 5.50. The second-order valence-electron chi connectivity index (χ2n) is 4.59. The summed E-state index contributed by atoms with van der Waals surface area (Å²) in [7, 11) is -3.74. The van der Waals surface area contributed by atoms with Crippen molar-refractivity contribution in [3.8, 4) is 0 Å². The SMILES string of the molecule is NS(=O)(=O)c1ccc(NNC(=S)NC(=O)Nc2ccccc2)cc1. The van der Waals surface area contributed by atoms with E-state index in [1.54, 1.807) is 24.3 Å². The number of hydrogen-bond donors (Lipinski definition) is 5. The van der Waals surface area contributed by atoms with E-state index in [2.05, 4.69) is 21.5 Å². The molecule has 2 aromatic rings.